The lowest BCUT2D eigenvalue weighted by Crippen LogP contribution is -1.89. The summed E-state index contributed by atoms with van der Waals surface area (Å²) >= 11 is 0. The van der Waals surface area contributed by atoms with E-state index in [1.807, 2.05) is 0 Å². The van der Waals surface area contributed by atoms with Gasteiger partial charge in [-0.1, -0.05) is 6.07 Å². The van der Waals surface area contributed by atoms with Crippen molar-refractivity contribution in [2.75, 3.05) is 0 Å². The highest BCUT2D eigenvalue weighted by molar-refractivity contribution is 8.21. The summed E-state index contributed by atoms with van der Waals surface area (Å²) in [4.78, 5) is 0.221. The van der Waals surface area contributed by atoms with Gasteiger partial charge < -0.3 is 0 Å². The molecule has 0 bridgehead atoms. The molecule has 1 unspecified atom stereocenters. The van der Waals surface area contributed by atoms with Gasteiger partial charge in [-0.2, -0.15) is 0 Å². The topological polar surface area (TPSA) is 17.1 Å². The van der Waals surface area contributed by atoms with Gasteiger partial charge in [-0.05, 0) is 34.8 Å². The number of benzene rings is 1. The highest BCUT2D eigenvalue weighted by Gasteiger charge is 2.02. The summed E-state index contributed by atoms with van der Waals surface area (Å²) in [6.45, 7) is 0. The van der Waals surface area contributed by atoms with Crippen molar-refractivity contribution >= 4 is 25.3 Å². The Hall–Kier alpha value is -0.540. The third-order valence-electron chi connectivity index (χ3n) is 1.15. The van der Waals surface area contributed by atoms with Crippen LogP contribution >= 0.6 is 10.7 Å². The van der Waals surface area contributed by atoms with Crippen LogP contribution in [0.4, 0.5) is 4.39 Å². The van der Waals surface area contributed by atoms with Gasteiger partial charge in [-0.15, -0.1) is 0 Å². The molecule has 1 rings (SSSR count). The zero-order chi connectivity index (χ0) is 8.48. The second-order valence-corrected chi connectivity index (χ2v) is 5.21. The van der Waals surface area contributed by atoms with E-state index in [-0.39, 0.29) is 4.90 Å². The van der Waals surface area contributed by atoms with Gasteiger partial charge in [0.15, 0.2) is 0 Å². The van der Waals surface area contributed by atoms with E-state index in [4.69, 9.17) is 10.7 Å². The Bertz CT molecular complexity index is 358. The fourth-order valence-corrected chi connectivity index (χ4v) is 1.51. The van der Waals surface area contributed by atoms with Crippen LogP contribution in [-0.2, 0) is 8.74 Å². The van der Waals surface area contributed by atoms with Crippen LogP contribution in [0.2, 0.25) is 0 Å². The van der Waals surface area contributed by atoms with Crippen molar-refractivity contribution < 1.29 is 8.60 Å². The standard InChI is InChI=1S/C7H6ClFOS/c1-11(8,10)7-4-2-3-6(9)5-7/h2-5H,1H2. The molecular weight excluding hydrogens is 187 g/mol. The lowest BCUT2D eigenvalue weighted by molar-refractivity contribution is 0.623. The second-order valence-electron chi connectivity index (χ2n) is 2.05. The highest BCUT2D eigenvalue weighted by atomic mass is 35.7. The summed E-state index contributed by atoms with van der Waals surface area (Å²) < 4.78 is 23.5. The third kappa shape index (κ3) is 2.20. The molecular formula is C7H6ClFOS. The summed E-state index contributed by atoms with van der Waals surface area (Å²) in [6, 6.07) is 5.29. The largest absolute Gasteiger partial charge is 0.248 e. The van der Waals surface area contributed by atoms with Crippen LogP contribution in [-0.4, -0.2) is 10.1 Å². The quantitative estimate of drug-likeness (QED) is 0.492. The van der Waals surface area contributed by atoms with Gasteiger partial charge in [-0.25, -0.2) is 8.60 Å². The number of halogens is 2. The summed E-state index contributed by atoms with van der Waals surface area (Å²) in [5.41, 5.74) is 0. The third-order valence-corrected chi connectivity index (χ3v) is 2.64. The Balaban J connectivity index is 3.28. The van der Waals surface area contributed by atoms with Crippen LogP contribution in [0.3, 0.4) is 0 Å². The van der Waals surface area contributed by atoms with Gasteiger partial charge in [0.1, 0.15) is 5.82 Å². The van der Waals surface area contributed by atoms with Crippen molar-refractivity contribution in [2.45, 2.75) is 4.90 Å². The van der Waals surface area contributed by atoms with Crippen molar-refractivity contribution in [1.29, 1.82) is 0 Å². The van der Waals surface area contributed by atoms with E-state index >= 15 is 0 Å². The first-order valence-corrected chi connectivity index (χ1v) is 5.38. The first-order chi connectivity index (χ1) is 5.00. The number of rotatable bonds is 1. The van der Waals surface area contributed by atoms with E-state index in [9.17, 15) is 8.60 Å². The zero-order valence-corrected chi connectivity index (χ0v) is 7.16. The first kappa shape index (κ1) is 8.56. The van der Waals surface area contributed by atoms with Crippen LogP contribution in [0.5, 0.6) is 0 Å². The fourth-order valence-electron chi connectivity index (χ4n) is 0.657. The number of hydrogen-bond donors (Lipinski definition) is 0. The molecule has 1 atom stereocenters. The molecule has 0 saturated carbocycles. The highest BCUT2D eigenvalue weighted by Crippen LogP contribution is 2.14. The average Bonchev–Trinajstić information content (AvgIpc) is 1.86. The Labute approximate surface area is 69.3 Å². The minimum atomic E-state index is -2.79. The average molecular weight is 193 g/mol. The monoisotopic (exact) mass is 192 g/mol. The molecule has 0 N–H and O–H groups in total. The molecule has 0 aliphatic rings. The minimum absolute atomic E-state index is 0.221. The molecule has 11 heavy (non-hydrogen) atoms. The molecule has 0 amide bonds. The lowest BCUT2D eigenvalue weighted by atomic mass is 10.4. The molecule has 1 nitrogen and oxygen atoms in total. The SMILES string of the molecule is C=S(=O)(Cl)c1cccc(F)c1. The van der Waals surface area contributed by atoms with E-state index < -0.39 is 14.6 Å². The smallest absolute Gasteiger partial charge is 0.124 e. The summed E-state index contributed by atoms with van der Waals surface area (Å²) in [6.07, 6.45) is 0. The van der Waals surface area contributed by atoms with Crippen LogP contribution in [0.15, 0.2) is 29.2 Å². The van der Waals surface area contributed by atoms with Crippen LogP contribution in [0, 0.1) is 5.82 Å². The van der Waals surface area contributed by atoms with Crippen molar-refractivity contribution in [2.24, 2.45) is 0 Å². The molecule has 4 heteroatoms. The Morgan fingerprint density at radius 2 is 2.18 bits per heavy atom. The molecule has 0 radical (unpaired) electrons. The summed E-state index contributed by atoms with van der Waals surface area (Å²) in [7, 11) is 2.59. The predicted molar refractivity (Wildman–Crippen MR) is 45.8 cm³/mol. The molecule has 60 valence electrons. The maximum absolute atomic E-state index is 12.5. The van der Waals surface area contributed by atoms with Gasteiger partial charge in [0.2, 0.25) is 0 Å². The van der Waals surface area contributed by atoms with E-state index in [2.05, 4.69) is 5.87 Å². The van der Waals surface area contributed by atoms with Gasteiger partial charge in [0.05, 0.1) is 8.74 Å². The van der Waals surface area contributed by atoms with E-state index in [1.54, 1.807) is 0 Å². The van der Waals surface area contributed by atoms with E-state index in [1.165, 1.54) is 18.2 Å². The first-order valence-electron chi connectivity index (χ1n) is 2.82. The summed E-state index contributed by atoms with van der Waals surface area (Å²) in [5.74, 6) is 2.75. The minimum Gasteiger partial charge on any atom is -0.248 e. The lowest BCUT2D eigenvalue weighted by Gasteiger charge is -1.98. The summed E-state index contributed by atoms with van der Waals surface area (Å²) in [5, 5.41) is 0. The maximum atomic E-state index is 12.5. The fraction of sp³-hybridized carbons (Fsp3) is 0. The van der Waals surface area contributed by atoms with Crippen LogP contribution in [0.1, 0.15) is 0 Å². The van der Waals surface area contributed by atoms with Crippen LogP contribution in [0.25, 0.3) is 0 Å². The van der Waals surface area contributed by atoms with Crippen molar-refractivity contribution in [3.8, 4) is 0 Å². The Morgan fingerprint density at radius 3 is 2.55 bits per heavy atom. The molecule has 0 heterocycles. The molecule has 1 aromatic carbocycles. The molecule has 0 spiro atoms. The Kier molecular flexibility index (Phi) is 2.20. The molecule has 0 fully saturated rings. The number of hydrogen-bond acceptors (Lipinski definition) is 1. The van der Waals surface area contributed by atoms with Gasteiger partial charge in [0.25, 0.3) is 0 Å². The van der Waals surface area contributed by atoms with Crippen molar-refractivity contribution in [3.63, 3.8) is 0 Å². The zero-order valence-electron chi connectivity index (χ0n) is 5.59. The molecule has 0 saturated heterocycles. The predicted octanol–water partition coefficient (Wildman–Crippen LogP) is 2.05. The van der Waals surface area contributed by atoms with Crippen molar-refractivity contribution in [1.82, 2.24) is 0 Å². The van der Waals surface area contributed by atoms with Crippen molar-refractivity contribution in [3.05, 3.63) is 30.1 Å². The second kappa shape index (κ2) is 2.83. The normalized spacial score (nSPS) is 15.8. The molecule has 0 aliphatic carbocycles. The van der Waals surface area contributed by atoms with Gasteiger partial charge >= 0.3 is 0 Å². The molecule has 0 aromatic heterocycles. The molecule has 1 aromatic rings. The maximum Gasteiger partial charge on any atom is 0.124 e. The van der Waals surface area contributed by atoms with Crippen LogP contribution < -0.4 is 0 Å². The Morgan fingerprint density at radius 1 is 1.55 bits per heavy atom. The van der Waals surface area contributed by atoms with E-state index in [0.717, 1.165) is 6.07 Å². The molecule has 0 aliphatic heterocycles. The van der Waals surface area contributed by atoms with Gasteiger partial charge in [-0.3, -0.25) is 0 Å². The van der Waals surface area contributed by atoms with E-state index in [0.29, 0.717) is 0 Å². The van der Waals surface area contributed by atoms with Gasteiger partial charge in [0, 0.05) is 4.90 Å².